The van der Waals surface area contributed by atoms with Gasteiger partial charge in [-0.15, -0.1) is 0 Å². The fraction of sp³-hybridized carbons (Fsp3) is 0.455. The molecule has 0 fully saturated rings. The number of carbonyl (C=O) groups is 2. The number of aromatic nitrogens is 1. The number of hydrogen-bond donors (Lipinski definition) is 1. The van der Waals surface area contributed by atoms with Gasteiger partial charge in [-0.2, -0.15) is 13.2 Å². The molecule has 0 aliphatic heterocycles. The Balaban J connectivity index is 3.34. The predicted octanol–water partition coefficient (Wildman–Crippen LogP) is 2.99. The van der Waals surface area contributed by atoms with Gasteiger partial charge in [-0.1, -0.05) is 0 Å². The molecule has 0 saturated heterocycles. The largest absolute Gasteiger partial charge is 0.477 e. The van der Waals surface area contributed by atoms with E-state index in [1.54, 1.807) is 0 Å². The molecule has 0 aliphatic carbocycles. The van der Waals surface area contributed by atoms with Crippen molar-refractivity contribution >= 4 is 12.1 Å². The molecule has 0 aliphatic rings. The number of carboxylic acid groups (broad SMARTS) is 1. The van der Waals surface area contributed by atoms with Crippen LogP contribution in [-0.2, 0) is 10.9 Å². The molecule has 5 nitrogen and oxygen atoms in total. The fourth-order valence-electron chi connectivity index (χ4n) is 1.33. The molecule has 1 aromatic rings. The van der Waals surface area contributed by atoms with Crippen molar-refractivity contribution in [3.05, 3.63) is 23.5 Å². The third-order valence-corrected chi connectivity index (χ3v) is 1.97. The van der Waals surface area contributed by atoms with Crippen molar-refractivity contribution in [2.45, 2.75) is 32.5 Å². The summed E-state index contributed by atoms with van der Waals surface area (Å²) < 4.78 is 42.9. The van der Waals surface area contributed by atoms with Crippen LogP contribution >= 0.6 is 0 Å². The van der Waals surface area contributed by atoms with Crippen LogP contribution in [0, 0.1) is 0 Å². The highest BCUT2D eigenvalue weighted by Crippen LogP contribution is 2.31. The van der Waals surface area contributed by atoms with Gasteiger partial charge in [0.25, 0.3) is 0 Å². The summed E-state index contributed by atoms with van der Waals surface area (Å²) in [6, 6.07) is 1.22. The number of aromatic carboxylic acids is 1. The maximum atomic E-state index is 12.7. The number of ether oxygens (including phenoxy) is 1. The van der Waals surface area contributed by atoms with Crippen molar-refractivity contribution in [3.8, 4) is 0 Å². The Bertz CT molecular complexity index is 511. The van der Waals surface area contributed by atoms with E-state index in [-0.39, 0.29) is 4.57 Å². The van der Waals surface area contributed by atoms with Gasteiger partial charge in [0.2, 0.25) is 0 Å². The number of carbonyl (C=O) groups excluding carboxylic acids is 1. The second-order valence-electron chi connectivity index (χ2n) is 4.72. The Morgan fingerprint density at radius 2 is 1.74 bits per heavy atom. The van der Waals surface area contributed by atoms with Gasteiger partial charge in [0.15, 0.2) is 0 Å². The predicted molar refractivity (Wildman–Crippen MR) is 58.0 cm³/mol. The Labute approximate surface area is 106 Å². The Kier molecular flexibility index (Phi) is 3.65. The summed E-state index contributed by atoms with van der Waals surface area (Å²) >= 11 is 0. The Morgan fingerprint density at radius 1 is 1.21 bits per heavy atom. The molecule has 0 spiro atoms. The van der Waals surface area contributed by atoms with E-state index in [2.05, 4.69) is 0 Å². The van der Waals surface area contributed by atoms with Crippen LogP contribution < -0.4 is 0 Å². The van der Waals surface area contributed by atoms with Gasteiger partial charge in [0.05, 0.1) is 0 Å². The maximum absolute atomic E-state index is 12.7. The van der Waals surface area contributed by atoms with Crippen LogP contribution in [0.4, 0.5) is 18.0 Å². The highest BCUT2D eigenvalue weighted by molar-refractivity contribution is 5.91. The van der Waals surface area contributed by atoms with Crippen LogP contribution in [0.5, 0.6) is 0 Å². The smallest absolute Gasteiger partial charge is 0.431 e. The molecule has 8 heteroatoms. The molecular weight excluding hydrogens is 267 g/mol. The van der Waals surface area contributed by atoms with Crippen molar-refractivity contribution in [1.82, 2.24) is 4.57 Å². The number of alkyl halides is 3. The molecule has 0 atom stereocenters. The van der Waals surface area contributed by atoms with Crippen LogP contribution in [0.15, 0.2) is 12.1 Å². The van der Waals surface area contributed by atoms with E-state index in [9.17, 15) is 22.8 Å². The van der Waals surface area contributed by atoms with Gasteiger partial charge < -0.3 is 9.84 Å². The monoisotopic (exact) mass is 279 g/mol. The lowest BCUT2D eigenvalue weighted by Gasteiger charge is -2.21. The molecule has 19 heavy (non-hydrogen) atoms. The quantitative estimate of drug-likeness (QED) is 0.858. The molecule has 0 unspecified atom stereocenters. The number of nitrogens with zero attached hydrogens (tertiary/aromatic N) is 1. The summed E-state index contributed by atoms with van der Waals surface area (Å²) in [5.41, 5.74) is -3.24. The van der Waals surface area contributed by atoms with E-state index >= 15 is 0 Å². The van der Waals surface area contributed by atoms with E-state index < -0.39 is 35.2 Å². The van der Waals surface area contributed by atoms with Gasteiger partial charge in [0.1, 0.15) is 17.0 Å². The summed E-state index contributed by atoms with van der Waals surface area (Å²) in [7, 11) is 0. The van der Waals surface area contributed by atoms with Gasteiger partial charge >= 0.3 is 18.2 Å². The SMILES string of the molecule is CC(C)(C)OC(=O)n1c(C(=O)O)ccc1C(F)(F)F. The van der Waals surface area contributed by atoms with Crippen molar-refractivity contribution in [2.24, 2.45) is 0 Å². The first kappa shape index (κ1) is 15.1. The Hall–Kier alpha value is -1.99. The second kappa shape index (κ2) is 4.60. The van der Waals surface area contributed by atoms with E-state index in [4.69, 9.17) is 9.84 Å². The summed E-state index contributed by atoms with van der Waals surface area (Å²) in [5, 5.41) is 8.80. The first-order chi connectivity index (χ1) is 8.43. The lowest BCUT2D eigenvalue weighted by molar-refractivity contribution is -0.143. The molecule has 0 radical (unpaired) electrons. The molecule has 0 aromatic carbocycles. The van der Waals surface area contributed by atoms with Crippen molar-refractivity contribution in [2.75, 3.05) is 0 Å². The van der Waals surface area contributed by atoms with Crippen molar-refractivity contribution < 1.29 is 32.6 Å². The first-order valence-electron chi connectivity index (χ1n) is 5.19. The highest BCUT2D eigenvalue weighted by Gasteiger charge is 2.39. The number of carboxylic acids is 1. The molecule has 1 aromatic heterocycles. The lowest BCUT2D eigenvalue weighted by Crippen LogP contribution is -2.31. The zero-order chi connectivity index (χ0) is 15.0. The molecule has 0 saturated carbocycles. The second-order valence-corrected chi connectivity index (χ2v) is 4.72. The first-order valence-corrected chi connectivity index (χ1v) is 5.19. The van der Waals surface area contributed by atoms with E-state index in [0.29, 0.717) is 12.1 Å². The van der Waals surface area contributed by atoms with Gasteiger partial charge in [-0.25, -0.2) is 14.2 Å². The average Bonchev–Trinajstić information content (AvgIpc) is 2.57. The van der Waals surface area contributed by atoms with Crippen molar-refractivity contribution in [1.29, 1.82) is 0 Å². The Morgan fingerprint density at radius 3 is 2.11 bits per heavy atom. The van der Waals surface area contributed by atoms with Gasteiger partial charge in [-0.05, 0) is 32.9 Å². The molecule has 106 valence electrons. The van der Waals surface area contributed by atoms with Gasteiger partial charge in [-0.3, -0.25) is 0 Å². The number of hydrogen-bond acceptors (Lipinski definition) is 3. The standard InChI is InChI=1S/C11H12F3NO4/c1-10(2,3)19-9(18)15-6(8(16)17)4-5-7(15)11(12,13)14/h4-5H,1-3H3,(H,16,17). The highest BCUT2D eigenvalue weighted by atomic mass is 19.4. The minimum absolute atomic E-state index is 0.00752. The molecule has 0 bridgehead atoms. The van der Waals surface area contributed by atoms with Crippen LogP contribution in [0.1, 0.15) is 37.0 Å². The summed E-state index contributed by atoms with van der Waals surface area (Å²) in [6.07, 6.45) is -6.24. The third-order valence-electron chi connectivity index (χ3n) is 1.97. The summed E-state index contributed by atoms with van der Waals surface area (Å²) in [5.74, 6) is -1.65. The van der Waals surface area contributed by atoms with E-state index in [0.717, 1.165) is 0 Å². The lowest BCUT2D eigenvalue weighted by atomic mass is 10.2. The summed E-state index contributed by atoms with van der Waals surface area (Å²) in [4.78, 5) is 22.5. The number of halogens is 3. The van der Waals surface area contributed by atoms with Gasteiger partial charge in [0, 0.05) is 0 Å². The summed E-state index contributed by atoms with van der Waals surface area (Å²) in [6.45, 7) is 4.38. The minimum Gasteiger partial charge on any atom is -0.477 e. The minimum atomic E-state index is -4.86. The van der Waals surface area contributed by atoms with E-state index in [1.165, 1.54) is 20.8 Å². The fourth-order valence-corrected chi connectivity index (χ4v) is 1.33. The number of rotatable bonds is 1. The average molecular weight is 279 g/mol. The third kappa shape index (κ3) is 3.49. The zero-order valence-corrected chi connectivity index (χ0v) is 10.4. The molecule has 0 amide bonds. The molecule has 1 rings (SSSR count). The molecule has 1 heterocycles. The molecule has 1 N–H and O–H groups in total. The maximum Gasteiger partial charge on any atom is 0.431 e. The normalized spacial score (nSPS) is 12.3. The topological polar surface area (TPSA) is 68.5 Å². The molecular formula is C11H12F3NO4. The van der Waals surface area contributed by atoms with Crippen molar-refractivity contribution in [3.63, 3.8) is 0 Å². The van der Waals surface area contributed by atoms with Crippen LogP contribution in [0.3, 0.4) is 0 Å². The van der Waals surface area contributed by atoms with E-state index in [1.807, 2.05) is 0 Å². The van der Waals surface area contributed by atoms with Crippen LogP contribution in [0.25, 0.3) is 0 Å². The van der Waals surface area contributed by atoms with Crippen LogP contribution in [0.2, 0.25) is 0 Å². The zero-order valence-electron chi connectivity index (χ0n) is 10.4. The van der Waals surface area contributed by atoms with Crippen LogP contribution in [-0.4, -0.2) is 27.3 Å².